The van der Waals surface area contributed by atoms with Gasteiger partial charge in [0.1, 0.15) is 17.5 Å². The minimum atomic E-state index is -0.707. The standard InChI is InChI=1S/C14H20N4O2/c1-4-14(13(19)20)5-7-18(8-6-14)12-11(9-15)10(2)16-17(12)3/h4-8H2,1-3H3,(H,19,20). The fourth-order valence-corrected chi connectivity index (χ4v) is 3.00. The Morgan fingerprint density at radius 2 is 2.10 bits per heavy atom. The van der Waals surface area contributed by atoms with Crippen molar-refractivity contribution >= 4 is 11.8 Å². The number of aliphatic carboxylic acids is 1. The van der Waals surface area contributed by atoms with E-state index in [1.165, 1.54) is 0 Å². The Morgan fingerprint density at radius 1 is 1.50 bits per heavy atom. The van der Waals surface area contributed by atoms with Crippen molar-refractivity contribution in [3.8, 4) is 6.07 Å². The zero-order valence-corrected chi connectivity index (χ0v) is 12.2. The number of nitriles is 1. The molecular formula is C14H20N4O2. The van der Waals surface area contributed by atoms with Gasteiger partial charge in [-0.2, -0.15) is 10.4 Å². The molecule has 2 rings (SSSR count). The van der Waals surface area contributed by atoms with Crippen LogP contribution >= 0.6 is 0 Å². The average molecular weight is 276 g/mol. The van der Waals surface area contributed by atoms with E-state index in [4.69, 9.17) is 0 Å². The molecule has 1 aliphatic rings. The maximum Gasteiger partial charge on any atom is 0.309 e. The predicted octanol–water partition coefficient (Wildman–Crippen LogP) is 1.68. The summed E-state index contributed by atoms with van der Waals surface area (Å²) in [7, 11) is 1.82. The third-order valence-corrected chi connectivity index (χ3v) is 4.45. The molecule has 0 atom stereocenters. The first kappa shape index (κ1) is 14.4. The molecule has 1 aromatic heterocycles. The summed E-state index contributed by atoms with van der Waals surface area (Å²) < 4.78 is 1.72. The first-order valence-electron chi connectivity index (χ1n) is 6.87. The van der Waals surface area contributed by atoms with Gasteiger partial charge in [-0.25, -0.2) is 0 Å². The van der Waals surface area contributed by atoms with Crippen molar-refractivity contribution in [2.75, 3.05) is 18.0 Å². The lowest BCUT2D eigenvalue weighted by Crippen LogP contribution is -2.44. The summed E-state index contributed by atoms with van der Waals surface area (Å²) >= 11 is 0. The van der Waals surface area contributed by atoms with Crippen LogP contribution in [0.5, 0.6) is 0 Å². The molecule has 20 heavy (non-hydrogen) atoms. The zero-order valence-electron chi connectivity index (χ0n) is 12.2. The van der Waals surface area contributed by atoms with E-state index in [1.807, 2.05) is 20.9 Å². The van der Waals surface area contributed by atoms with Crippen LogP contribution in [-0.4, -0.2) is 33.9 Å². The summed E-state index contributed by atoms with van der Waals surface area (Å²) in [4.78, 5) is 13.5. The largest absolute Gasteiger partial charge is 0.481 e. The Bertz CT molecular complexity index is 562. The van der Waals surface area contributed by atoms with Crippen LogP contribution < -0.4 is 4.90 Å². The van der Waals surface area contributed by atoms with Crippen LogP contribution in [-0.2, 0) is 11.8 Å². The van der Waals surface area contributed by atoms with E-state index in [0.717, 1.165) is 11.5 Å². The number of carboxylic acids is 1. The number of carbonyl (C=O) groups is 1. The van der Waals surface area contributed by atoms with E-state index < -0.39 is 11.4 Å². The molecular weight excluding hydrogens is 256 g/mol. The smallest absolute Gasteiger partial charge is 0.309 e. The van der Waals surface area contributed by atoms with Crippen LogP contribution in [0.3, 0.4) is 0 Å². The third kappa shape index (κ3) is 2.13. The first-order valence-corrected chi connectivity index (χ1v) is 6.87. The molecule has 1 aliphatic heterocycles. The Balaban J connectivity index is 2.24. The van der Waals surface area contributed by atoms with Gasteiger partial charge in [0.25, 0.3) is 0 Å². The minimum absolute atomic E-state index is 0.590. The monoisotopic (exact) mass is 276 g/mol. The van der Waals surface area contributed by atoms with Crippen molar-refractivity contribution in [2.24, 2.45) is 12.5 Å². The molecule has 0 aliphatic carbocycles. The summed E-state index contributed by atoms with van der Waals surface area (Å²) in [5, 5.41) is 23.0. The van der Waals surface area contributed by atoms with Crippen molar-refractivity contribution in [2.45, 2.75) is 33.1 Å². The Labute approximate surface area is 118 Å². The second-order valence-corrected chi connectivity index (χ2v) is 5.45. The summed E-state index contributed by atoms with van der Waals surface area (Å²) in [5.41, 5.74) is 0.694. The molecule has 0 spiro atoms. The highest BCUT2D eigenvalue weighted by Gasteiger charge is 2.40. The summed E-state index contributed by atoms with van der Waals surface area (Å²) in [6, 6.07) is 2.20. The number of anilines is 1. The van der Waals surface area contributed by atoms with Crippen molar-refractivity contribution < 1.29 is 9.90 Å². The van der Waals surface area contributed by atoms with E-state index in [2.05, 4.69) is 16.1 Å². The van der Waals surface area contributed by atoms with Gasteiger partial charge in [-0.3, -0.25) is 9.48 Å². The lowest BCUT2D eigenvalue weighted by atomic mass is 9.76. The molecule has 0 unspecified atom stereocenters. The maximum atomic E-state index is 11.5. The lowest BCUT2D eigenvalue weighted by molar-refractivity contribution is -0.150. The van der Waals surface area contributed by atoms with Crippen LogP contribution in [0.1, 0.15) is 37.4 Å². The van der Waals surface area contributed by atoms with E-state index in [0.29, 0.717) is 37.9 Å². The van der Waals surface area contributed by atoms with E-state index in [-0.39, 0.29) is 0 Å². The molecule has 0 amide bonds. The Morgan fingerprint density at radius 3 is 2.55 bits per heavy atom. The van der Waals surface area contributed by atoms with Crippen molar-refractivity contribution in [3.63, 3.8) is 0 Å². The number of carboxylic acid groups (broad SMARTS) is 1. The summed E-state index contributed by atoms with van der Waals surface area (Å²) in [5.74, 6) is 0.0986. The quantitative estimate of drug-likeness (QED) is 0.908. The number of rotatable bonds is 3. The molecule has 6 nitrogen and oxygen atoms in total. The van der Waals surface area contributed by atoms with Gasteiger partial charge in [0.2, 0.25) is 0 Å². The van der Waals surface area contributed by atoms with Crippen LogP contribution in [0.4, 0.5) is 5.82 Å². The highest BCUT2D eigenvalue weighted by molar-refractivity contribution is 5.75. The fourth-order valence-electron chi connectivity index (χ4n) is 3.00. The van der Waals surface area contributed by atoms with Crippen molar-refractivity contribution in [3.05, 3.63) is 11.3 Å². The second-order valence-electron chi connectivity index (χ2n) is 5.45. The molecule has 1 N–H and O–H groups in total. The van der Waals surface area contributed by atoms with Crippen LogP contribution in [0, 0.1) is 23.7 Å². The minimum Gasteiger partial charge on any atom is -0.481 e. The normalized spacial score (nSPS) is 17.8. The Kier molecular flexibility index (Phi) is 3.71. The van der Waals surface area contributed by atoms with E-state index in [1.54, 1.807) is 4.68 Å². The number of hydrogen-bond acceptors (Lipinski definition) is 4. The molecule has 0 aromatic carbocycles. The van der Waals surface area contributed by atoms with Gasteiger partial charge in [-0.15, -0.1) is 0 Å². The van der Waals surface area contributed by atoms with Gasteiger partial charge in [0.15, 0.2) is 0 Å². The van der Waals surface area contributed by atoms with Gasteiger partial charge in [-0.1, -0.05) is 6.92 Å². The number of nitrogens with zero attached hydrogens (tertiary/aromatic N) is 4. The van der Waals surface area contributed by atoms with E-state index in [9.17, 15) is 15.2 Å². The number of aromatic nitrogens is 2. The number of piperidine rings is 1. The highest BCUT2D eigenvalue weighted by atomic mass is 16.4. The Hall–Kier alpha value is -2.03. The van der Waals surface area contributed by atoms with Gasteiger partial charge in [0, 0.05) is 20.1 Å². The number of hydrogen-bond donors (Lipinski definition) is 1. The second kappa shape index (κ2) is 5.16. The zero-order chi connectivity index (χ0) is 14.9. The summed E-state index contributed by atoms with van der Waals surface area (Å²) in [6.45, 7) is 5.04. The third-order valence-electron chi connectivity index (χ3n) is 4.45. The molecule has 0 bridgehead atoms. The summed E-state index contributed by atoms with van der Waals surface area (Å²) in [6.07, 6.45) is 1.85. The fraction of sp³-hybridized carbons (Fsp3) is 0.643. The molecule has 108 valence electrons. The van der Waals surface area contributed by atoms with Gasteiger partial charge >= 0.3 is 5.97 Å². The molecule has 1 fully saturated rings. The van der Waals surface area contributed by atoms with Crippen LogP contribution in [0.25, 0.3) is 0 Å². The van der Waals surface area contributed by atoms with Crippen LogP contribution in [0.15, 0.2) is 0 Å². The molecule has 0 saturated carbocycles. The van der Waals surface area contributed by atoms with Gasteiger partial charge in [0.05, 0.1) is 11.1 Å². The van der Waals surface area contributed by atoms with Crippen molar-refractivity contribution in [1.29, 1.82) is 5.26 Å². The lowest BCUT2D eigenvalue weighted by Gasteiger charge is -2.39. The molecule has 6 heteroatoms. The molecule has 1 saturated heterocycles. The van der Waals surface area contributed by atoms with Gasteiger partial charge in [-0.05, 0) is 26.2 Å². The predicted molar refractivity (Wildman–Crippen MR) is 74.5 cm³/mol. The molecule has 2 heterocycles. The average Bonchev–Trinajstić information content (AvgIpc) is 2.72. The maximum absolute atomic E-state index is 11.5. The highest BCUT2D eigenvalue weighted by Crippen LogP contribution is 2.37. The van der Waals surface area contributed by atoms with Gasteiger partial charge < -0.3 is 10.0 Å². The topological polar surface area (TPSA) is 82.2 Å². The number of aryl methyl sites for hydroxylation is 2. The molecule has 0 radical (unpaired) electrons. The molecule has 1 aromatic rings. The van der Waals surface area contributed by atoms with E-state index >= 15 is 0 Å². The van der Waals surface area contributed by atoms with Crippen molar-refractivity contribution in [1.82, 2.24) is 9.78 Å². The SMILES string of the molecule is CCC1(C(=O)O)CCN(c2c(C#N)c(C)nn2C)CC1. The first-order chi connectivity index (χ1) is 9.45. The van der Waals surface area contributed by atoms with Crippen LogP contribution in [0.2, 0.25) is 0 Å².